The number of fused-ring (bicyclic) bond motifs is 2. The van der Waals surface area contributed by atoms with Crippen LogP contribution in [0.2, 0.25) is 0 Å². The summed E-state index contributed by atoms with van der Waals surface area (Å²) in [5.41, 5.74) is 3.12. The van der Waals surface area contributed by atoms with Crippen LogP contribution in [-0.4, -0.2) is 40.9 Å². The molecule has 7 nitrogen and oxygen atoms in total. The van der Waals surface area contributed by atoms with E-state index in [9.17, 15) is 14.7 Å². The third kappa shape index (κ3) is 4.28. The molecule has 0 fully saturated rings. The molecule has 0 saturated carbocycles. The molecule has 33 heavy (non-hydrogen) atoms. The molecule has 1 aromatic carbocycles. The quantitative estimate of drug-likeness (QED) is 0.447. The second kappa shape index (κ2) is 8.83. The molecule has 1 aliphatic rings. The zero-order valence-corrected chi connectivity index (χ0v) is 19.3. The lowest BCUT2D eigenvalue weighted by Crippen LogP contribution is -2.51. The maximum atomic E-state index is 12.8. The first kappa shape index (κ1) is 22.7. The Balaban J connectivity index is 1.88. The molecule has 4 rings (SSSR count). The van der Waals surface area contributed by atoms with Crippen molar-refractivity contribution in [2.45, 2.75) is 45.7 Å². The molecule has 3 aromatic rings. The molecule has 0 bridgehead atoms. The first-order valence-corrected chi connectivity index (χ1v) is 11.1. The average Bonchev–Trinajstić information content (AvgIpc) is 2.77. The summed E-state index contributed by atoms with van der Waals surface area (Å²) in [6.45, 7) is 8.01. The third-order valence-corrected chi connectivity index (χ3v) is 5.97. The average molecular weight is 449 g/mol. The Kier molecular flexibility index (Phi) is 6.08. The zero-order valence-electron chi connectivity index (χ0n) is 19.3. The van der Waals surface area contributed by atoms with Gasteiger partial charge in [-0.15, -0.1) is 0 Å². The van der Waals surface area contributed by atoms with Crippen LogP contribution in [0.25, 0.3) is 27.7 Å². The van der Waals surface area contributed by atoms with Crippen LogP contribution in [0.4, 0.5) is 5.69 Å². The molecule has 2 aromatic heterocycles. The van der Waals surface area contributed by atoms with Crippen LogP contribution in [0.1, 0.15) is 39.7 Å². The SMILES string of the molecule is CCOC(=O)CC(C)N1c2cc3oc(=O)c(-c4ccncc4)cc3cc2C(CO)=CC1(C)C. The molecule has 1 aliphatic heterocycles. The van der Waals surface area contributed by atoms with E-state index >= 15 is 0 Å². The minimum Gasteiger partial charge on any atom is -0.466 e. The van der Waals surface area contributed by atoms with Crippen LogP contribution in [-0.2, 0) is 9.53 Å². The number of carbonyl (C=O) groups excluding carboxylic acids is 1. The molecule has 0 spiro atoms. The van der Waals surface area contributed by atoms with Crippen LogP contribution in [0.15, 0.2) is 58.0 Å². The van der Waals surface area contributed by atoms with Crippen molar-refractivity contribution in [3.05, 3.63) is 64.8 Å². The number of aliphatic hydroxyl groups excluding tert-OH is 1. The Bertz CT molecular complexity index is 1280. The van der Waals surface area contributed by atoms with E-state index in [4.69, 9.17) is 9.15 Å². The molecular weight excluding hydrogens is 420 g/mol. The summed E-state index contributed by atoms with van der Waals surface area (Å²) in [7, 11) is 0. The highest BCUT2D eigenvalue weighted by atomic mass is 16.5. The summed E-state index contributed by atoms with van der Waals surface area (Å²) in [5.74, 6) is -0.270. The van der Waals surface area contributed by atoms with Gasteiger partial charge in [0, 0.05) is 41.1 Å². The Morgan fingerprint density at radius 3 is 2.58 bits per heavy atom. The molecule has 1 N–H and O–H groups in total. The lowest BCUT2D eigenvalue weighted by molar-refractivity contribution is -0.143. The summed E-state index contributed by atoms with van der Waals surface area (Å²) in [4.78, 5) is 31.1. The summed E-state index contributed by atoms with van der Waals surface area (Å²) < 4.78 is 10.9. The zero-order chi connectivity index (χ0) is 23.8. The van der Waals surface area contributed by atoms with E-state index < -0.39 is 11.2 Å². The van der Waals surface area contributed by atoms with Gasteiger partial charge >= 0.3 is 11.6 Å². The monoisotopic (exact) mass is 448 g/mol. The van der Waals surface area contributed by atoms with Gasteiger partial charge in [0.05, 0.1) is 30.7 Å². The van der Waals surface area contributed by atoms with Gasteiger partial charge in [-0.05, 0) is 63.1 Å². The number of hydrogen-bond donors (Lipinski definition) is 1. The smallest absolute Gasteiger partial charge is 0.344 e. The Morgan fingerprint density at radius 2 is 1.91 bits per heavy atom. The van der Waals surface area contributed by atoms with Crippen LogP contribution in [0.5, 0.6) is 0 Å². The fourth-order valence-corrected chi connectivity index (χ4v) is 4.72. The molecular formula is C26H28N2O5. The van der Waals surface area contributed by atoms with Gasteiger partial charge in [-0.2, -0.15) is 0 Å². The van der Waals surface area contributed by atoms with Crippen molar-refractivity contribution >= 4 is 28.2 Å². The van der Waals surface area contributed by atoms with Crippen molar-refractivity contribution in [1.82, 2.24) is 4.98 Å². The Hall–Kier alpha value is -3.45. The summed E-state index contributed by atoms with van der Waals surface area (Å²) in [5, 5.41) is 10.9. The van der Waals surface area contributed by atoms with Crippen LogP contribution < -0.4 is 10.5 Å². The highest BCUT2D eigenvalue weighted by Crippen LogP contribution is 2.43. The van der Waals surface area contributed by atoms with Gasteiger partial charge < -0.3 is 19.2 Å². The Morgan fingerprint density at radius 1 is 1.21 bits per heavy atom. The van der Waals surface area contributed by atoms with Gasteiger partial charge in [0.25, 0.3) is 0 Å². The van der Waals surface area contributed by atoms with Gasteiger partial charge in [0.15, 0.2) is 0 Å². The number of nitrogens with zero attached hydrogens (tertiary/aromatic N) is 2. The minimum absolute atomic E-state index is 0.129. The molecule has 0 radical (unpaired) electrons. The van der Waals surface area contributed by atoms with E-state index in [-0.39, 0.29) is 25.0 Å². The van der Waals surface area contributed by atoms with Gasteiger partial charge in [0.2, 0.25) is 0 Å². The van der Waals surface area contributed by atoms with Crippen LogP contribution in [0, 0.1) is 0 Å². The molecule has 1 unspecified atom stereocenters. The number of ether oxygens (including phenoxy) is 1. The number of hydrogen-bond acceptors (Lipinski definition) is 7. The van der Waals surface area contributed by atoms with Crippen molar-refractivity contribution in [2.75, 3.05) is 18.1 Å². The van der Waals surface area contributed by atoms with Crippen LogP contribution in [0.3, 0.4) is 0 Å². The van der Waals surface area contributed by atoms with E-state index in [0.29, 0.717) is 17.8 Å². The summed E-state index contributed by atoms with van der Waals surface area (Å²) in [6, 6.07) is 8.90. The maximum Gasteiger partial charge on any atom is 0.344 e. The lowest BCUT2D eigenvalue weighted by atomic mass is 9.86. The van der Waals surface area contributed by atoms with Crippen molar-refractivity contribution in [2.24, 2.45) is 0 Å². The second-order valence-electron chi connectivity index (χ2n) is 8.80. The number of pyridine rings is 1. The van der Waals surface area contributed by atoms with Crippen molar-refractivity contribution in [3.8, 4) is 11.1 Å². The highest BCUT2D eigenvalue weighted by molar-refractivity contribution is 5.94. The first-order valence-electron chi connectivity index (χ1n) is 11.1. The molecule has 0 saturated heterocycles. The minimum atomic E-state index is -0.484. The molecule has 3 heterocycles. The van der Waals surface area contributed by atoms with E-state index in [1.807, 2.05) is 39.0 Å². The number of aliphatic hydroxyl groups is 1. The summed E-state index contributed by atoms with van der Waals surface area (Å²) in [6.07, 6.45) is 5.49. The van der Waals surface area contributed by atoms with Gasteiger partial charge in [-0.1, -0.05) is 6.08 Å². The topological polar surface area (TPSA) is 92.9 Å². The van der Waals surface area contributed by atoms with Crippen molar-refractivity contribution in [1.29, 1.82) is 0 Å². The van der Waals surface area contributed by atoms with Crippen molar-refractivity contribution < 1.29 is 19.1 Å². The number of rotatable bonds is 6. The van der Waals surface area contributed by atoms with Gasteiger partial charge in [-0.25, -0.2) is 4.79 Å². The number of anilines is 1. The van der Waals surface area contributed by atoms with E-state index in [1.54, 1.807) is 37.5 Å². The number of carbonyl (C=O) groups is 1. The predicted molar refractivity (Wildman–Crippen MR) is 128 cm³/mol. The van der Waals surface area contributed by atoms with Gasteiger partial charge in [0.1, 0.15) is 5.58 Å². The van der Waals surface area contributed by atoms with Crippen molar-refractivity contribution in [3.63, 3.8) is 0 Å². The fraction of sp³-hybridized carbons (Fsp3) is 0.346. The first-order chi connectivity index (χ1) is 15.7. The van der Waals surface area contributed by atoms with Gasteiger partial charge in [-0.3, -0.25) is 9.78 Å². The normalized spacial score (nSPS) is 15.7. The maximum absolute atomic E-state index is 12.8. The molecule has 172 valence electrons. The van der Waals surface area contributed by atoms with Crippen LogP contribution >= 0.6 is 0 Å². The molecule has 0 aliphatic carbocycles. The number of esters is 1. The number of aromatic nitrogens is 1. The summed E-state index contributed by atoms with van der Waals surface area (Å²) >= 11 is 0. The fourth-order valence-electron chi connectivity index (χ4n) is 4.72. The molecule has 1 atom stereocenters. The second-order valence-corrected chi connectivity index (χ2v) is 8.80. The number of benzene rings is 1. The third-order valence-electron chi connectivity index (χ3n) is 5.97. The largest absolute Gasteiger partial charge is 0.466 e. The van der Waals surface area contributed by atoms with E-state index in [1.165, 1.54) is 0 Å². The molecule has 0 amide bonds. The van der Waals surface area contributed by atoms with E-state index in [2.05, 4.69) is 9.88 Å². The standard InChI is InChI=1S/C26H28N2O5/c1-5-32-24(30)10-16(2)28-22-13-23-18(11-20(22)19(15-29)14-26(28,3)4)12-21(25(31)33-23)17-6-8-27-9-7-17/h6-9,11-14,16,29H,5,10,15H2,1-4H3. The lowest BCUT2D eigenvalue weighted by Gasteiger charge is -2.47. The molecule has 7 heteroatoms. The van der Waals surface area contributed by atoms with E-state index in [0.717, 1.165) is 27.8 Å². The Labute approximate surface area is 192 Å². The predicted octanol–water partition coefficient (Wildman–Crippen LogP) is 4.17. The highest BCUT2D eigenvalue weighted by Gasteiger charge is 2.36.